The summed E-state index contributed by atoms with van der Waals surface area (Å²) in [6.45, 7) is 6.05. The first kappa shape index (κ1) is 22.8. The number of H-pyrrole nitrogens is 1. The van der Waals surface area contributed by atoms with Gasteiger partial charge in [-0.1, -0.05) is 29.8 Å². The van der Waals surface area contributed by atoms with Gasteiger partial charge in [-0.3, -0.25) is 4.90 Å². The van der Waals surface area contributed by atoms with Crippen LogP contribution in [0.25, 0.3) is 10.9 Å². The average molecular weight is 483 g/mol. The van der Waals surface area contributed by atoms with Gasteiger partial charge < -0.3 is 23.9 Å². The van der Waals surface area contributed by atoms with Crippen molar-refractivity contribution in [2.75, 3.05) is 33.0 Å². The average Bonchev–Trinajstić information content (AvgIpc) is 3.50. The molecule has 0 spiro atoms. The molecular formula is C26H27ClN2O5. The van der Waals surface area contributed by atoms with Crippen molar-refractivity contribution in [2.45, 2.75) is 25.2 Å². The zero-order valence-electron chi connectivity index (χ0n) is 18.8. The minimum absolute atomic E-state index is 0.304. The highest BCUT2D eigenvalue weighted by molar-refractivity contribution is 6.31. The predicted octanol–water partition coefficient (Wildman–Crippen LogP) is 5.23. The Hall–Kier alpha value is -3.00. The molecule has 2 aliphatic heterocycles. The molecule has 1 aromatic heterocycles. The second-order valence-corrected chi connectivity index (χ2v) is 8.73. The number of carbonyl (C=O) groups excluding carboxylic acids is 1. The van der Waals surface area contributed by atoms with Crippen molar-refractivity contribution in [3.63, 3.8) is 0 Å². The number of aromatic nitrogens is 1. The number of ether oxygens (including phenoxy) is 4. The molecule has 1 fully saturated rings. The van der Waals surface area contributed by atoms with Crippen molar-refractivity contribution in [1.82, 2.24) is 9.88 Å². The van der Waals surface area contributed by atoms with E-state index in [4.69, 9.17) is 30.5 Å². The van der Waals surface area contributed by atoms with Crippen LogP contribution >= 0.6 is 11.6 Å². The smallest absolute Gasteiger partial charge is 0.410 e. The van der Waals surface area contributed by atoms with E-state index in [1.807, 2.05) is 42.5 Å². The molecule has 1 atom stereocenters. The fourth-order valence-electron chi connectivity index (χ4n) is 4.53. The summed E-state index contributed by atoms with van der Waals surface area (Å²) < 4.78 is 22.2. The largest absolute Gasteiger partial charge is 0.488 e. The van der Waals surface area contributed by atoms with Crippen molar-refractivity contribution < 1.29 is 23.7 Å². The summed E-state index contributed by atoms with van der Waals surface area (Å²) in [7, 11) is 0. The highest BCUT2D eigenvalue weighted by atomic mass is 35.5. The summed E-state index contributed by atoms with van der Waals surface area (Å²) in [5.41, 5.74) is 4.11. The second kappa shape index (κ2) is 10.1. The van der Waals surface area contributed by atoms with Crippen LogP contribution in [0.15, 0.2) is 55.1 Å². The van der Waals surface area contributed by atoms with Gasteiger partial charge in [0.25, 0.3) is 0 Å². The zero-order chi connectivity index (χ0) is 23.5. The van der Waals surface area contributed by atoms with E-state index in [-0.39, 0.29) is 18.4 Å². The molecule has 1 unspecified atom stereocenters. The van der Waals surface area contributed by atoms with Crippen LogP contribution in [-0.2, 0) is 20.6 Å². The number of nitrogens with one attached hydrogen (secondary N) is 1. The topological polar surface area (TPSA) is 73.0 Å². The highest BCUT2D eigenvalue weighted by Gasteiger charge is 2.35. The first-order chi connectivity index (χ1) is 16.6. The van der Waals surface area contributed by atoms with Gasteiger partial charge in [0.1, 0.15) is 18.4 Å². The number of rotatable bonds is 7. The summed E-state index contributed by atoms with van der Waals surface area (Å²) in [6.07, 6.45) is 2.39. The molecule has 7 nitrogen and oxygen atoms in total. The van der Waals surface area contributed by atoms with Crippen LogP contribution in [0.1, 0.15) is 29.3 Å². The molecule has 8 heteroatoms. The van der Waals surface area contributed by atoms with Crippen LogP contribution < -0.4 is 4.74 Å². The summed E-state index contributed by atoms with van der Waals surface area (Å²) in [4.78, 5) is 18.3. The van der Waals surface area contributed by atoms with Gasteiger partial charge in [-0.15, -0.1) is 6.58 Å². The van der Waals surface area contributed by atoms with E-state index in [0.29, 0.717) is 56.6 Å². The third-order valence-corrected chi connectivity index (χ3v) is 6.38. The first-order valence-corrected chi connectivity index (χ1v) is 11.8. The zero-order valence-corrected chi connectivity index (χ0v) is 19.6. The van der Waals surface area contributed by atoms with E-state index < -0.39 is 0 Å². The monoisotopic (exact) mass is 482 g/mol. The Morgan fingerprint density at radius 2 is 2.00 bits per heavy atom. The summed E-state index contributed by atoms with van der Waals surface area (Å²) in [5.74, 6) is 0.711. The van der Waals surface area contributed by atoms with E-state index in [9.17, 15) is 4.79 Å². The molecule has 3 heterocycles. The number of amides is 1. The van der Waals surface area contributed by atoms with Gasteiger partial charge in [-0.2, -0.15) is 0 Å². The van der Waals surface area contributed by atoms with E-state index in [0.717, 1.165) is 22.2 Å². The quantitative estimate of drug-likeness (QED) is 0.368. The Morgan fingerprint density at radius 1 is 1.21 bits per heavy atom. The fraction of sp³-hybridized carbons (Fsp3) is 0.346. The number of carbonyl (C=O) groups is 1. The predicted molar refractivity (Wildman–Crippen MR) is 129 cm³/mol. The van der Waals surface area contributed by atoms with Gasteiger partial charge >= 0.3 is 6.09 Å². The Balaban J connectivity index is 1.44. The maximum Gasteiger partial charge on any atom is 0.410 e. The molecule has 0 aliphatic carbocycles. The van der Waals surface area contributed by atoms with Crippen molar-refractivity contribution in [3.05, 3.63) is 77.0 Å². The molecule has 2 aromatic carbocycles. The van der Waals surface area contributed by atoms with Crippen LogP contribution in [-0.4, -0.2) is 55.2 Å². The number of benzene rings is 2. The van der Waals surface area contributed by atoms with Gasteiger partial charge in [0.15, 0.2) is 6.29 Å². The lowest BCUT2D eigenvalue weighted by molar-refractivity contribution is -0.0684. The molecule has 2 aliphatic rings. The number of halogens is 1. The molecule has 1 saturated heterocycles. The van der Waals surface area contributed by atoms with E-state index in [1.165, 1.54) is 5.56 Å². The Bertz CT molecular complexity index is 1170. The van der Waals surface area contributed by atoms with Crippen molar-refractivity contribution in [2.24, 2.45) is 0 Å². The standard InChI is InChI=1S/C26H27ClN2O5/c1-2-3-12-33-26(30)29-11-10-20-21-15-18(27)6-9-22(21)28-24(20)25(29)17-4-7-19(8-5-17)34-16-23-31-13-14-32-23/h2,4-9,15,23,25,28H,1,3,10-14,16H2. The molecule has 3 aromatic rings. The number of hydrogen-bond acceptors (Lipinski definition) is 5. The normalized spacial score (nSPS) is 18.1. The molecule has 1 amide bonds. The SMILES string of the molecule is C=CCCOC(=O)N1CCc2c([nH]c3ccc(Cl)cc23)C1c1ccc(OCC2OCCO2)cc1. The number of fused-ring (bicyclic) bond motifs is 3. The third kappa shape index (κ3) is 4.64. The number of nitrogens with zero attached hydrogens (tertiary/aromatic N) is 1. The first-order valence-electron chi connectivity index (χ1n) is 11.4. The van der Waals surface area contributed by atoms with Crippen LogP contribution in [0.5, 0.6) is 5.75 Å². The van der Waals surface area contributed by atoms with Crippen molar-refractivity contribution >= 4 is 28.6 Å². The Labute approximate surface area is 203 Å². The number of hydrogen-bond donors (Lipinski definition) is 1. The molecule has 0 saturated carbocycles. The molecule has 178 valence electrons. The lowest BCUT2D eigenvalue weighted by Gasteiger charge is -2.35. The fourth-order valence-corrected chi connectivity index (χ4v) is 4.70. The summed E-state index contributed by atoms with van der Waals surface area (Å²) >= 11 is 6.28. The molecule has 0 radical (unpaired) electrons. The molecule has 5 rings (SSSR count). The van der Waals surface area contributed by atoms with Crippen molar-refractivity contribution in [3.8, 4) is 5.75 Å². The minimum Gasteiger partial charge on any atom is -0.488 e. The maximum atomic E-state index is 13.0. The van der Waals surface area contributed by atoms with Gasteiger partial charge in [-0.25, -0.2) is 4.79 Å². The van der Waals surface area contributed by atoms with Crippen LogP contribution in [0.4, 0.5) is 4.79 Å². The second-order valence-electron chi connectivity index (χ2n) is 8.30. The Kier molecular flexibility index (Phi) is 6.76. The summed E-state index contributed by atoms with van der Waals surface area (Å²) in [6, 6.07) is 13.3. The van der Waals surface area contributed by atoms with E-state index >= 15 is 0 Å². The van der Waals surface area contributed by atoms with Gasteiger partial charge in [0.05, 0.1) is 19.8 Å². The highest BCUT2D eigenvalue weighted by Crippen LogP contribution is 2.39. The lowest BCUT2D eigenvalue weighted by Crippen LogP contribution is -2.41. The Morgan fingerprint density at radius 3 is 2.76 bits per heavy atom. The van der Waals surface area contributed by atoms with Crippen molar-refractivity contribution in [1.29, 1.82) is 0 Å². The molecule has 0 bridgehead atoms. The number of aromatic amines is 1. The third-order valence-electron chi connectivity index (χ3n) is 6.14. The van der Waals surface area contributed by atoms with Gasteiger partial charge in [0.2, 0.25) is 0 Å². The van der Waals surface area contributed by atoms with E-state index in [2.05, 4.69) is 11.6 Å². The molecular weight excluding hydrogens is 456 g/mol. The minimum atomic E-state index is -0.343. The van der Waals surface area contributed by atoms with Crippen LogP contribution in [0, 0.1) is 0 Å². The van der Waals surface area contributed by atoms with Gasteiger partial charge in [0, 0.05) is 28.2 Å². The van der Waals surface area contributed by atoms with Gasteiger partial charge in [-0.05, 0) is 54.3 Å². The van der Waals surface area contributed by atoms with Crippen LogP contribution in [0.2, 0.25) is 5.02 Å². The lowest BCUT2D eigenvalue weighted by atomic mass is 9.92. The molecule has 1 N–H and O–H groups in total. The van der Waals surface area contributed by atoms with Crippen LogP contribution in [0.3, 0.4) is 0 Å². The maximum absolute atomic E-state index is 13.0. The van der Waals surface area contributed by atoms with E-state index in [1.54, 1.807) is 11.0 Å². The molecule has 34 heavy (non-hydrogen) atoms. The summed E-state index contributed by atoms with van der Waals surface area (Å²) in [5, 5.41) is 1.78.